The molecular weight excluding hydrogens is 131 g/mol. The molecule has 0 bridgehead atoms. The molecule has 0 fully saturated rings. The van der Waals surface area contributed by atoms with Crippen molar-refractivity contribution in [3.05, 3.63) is 42.5 Å². The molecule has 0 saturated heterocycles. The molecule has 0 saturated carbocycles. The quantitative estimate of drug-likeness (QED) is 0.526. The van der Waals surface area contributed by atoms with Gasteiger partial charge in [0.2, 0.25) is 0 Å². The van der Waals surface area contributed by atoms with Gasteiger partial charge in [0.1, 0.15) is 0 Å². The first-order chi connectivity index (χ1) is 4.30. The van der Waals surface area contributed by atoms with Crippen LogP contribution >= 0.6 is 0 Å². The third-order valence-electron chi connectivity index (χ3n) is 1.27. The van der Waals surface area contributed by atoms with E-state index >= 15 is 0 Å². The topological polar surface area (TPSA) is 0 Å². The van der Waals surface area contributed by atoms with Crippen LogP contribution in [-0.2, 0) is 0 Å². The van der Waals surface area contributed by atoms with Crippen LogP contribution in [-0.4, -0.2) is 29.6 Å². The molecule has 1 rings (SSSR count). The van der Waals surface area contributed by atoms with E-state index in [4.69, 9.17) is 0 Å². The molecule has 0 N–H and O–H groups in total. The Morgan fingerprint density at radius 1 is 1.20 bits per heavy atom. The third kappa shape index (κ3) is 2.70. The van der Waals surface area contributed by atoms with Gasteiger partial charge < -0.3 is 0 Å². The minimum absolute atomic E-state index is 0. The summed E-state index contributed by atoms with van der Waals surface area (Å²) >= 11 is 0. The summed E-state index contributed by atoms with van der Waals surface area (Å²) in [7, 11) is 0. The fourth-order valence-electron chi connectivity index (χ4n) is 0.723. The van der Waals surface area contributed by atoms with Crippen LogP contribution < -0.4 is 0 Å². The van der Waals surface area contributed by atoms with Crippen molar-refractivity contribution in [3.63, 3.8) is 0 Å². The number of allylic oxidation sites excluding steroid dienone is 1. The van der Waals surface area contributed by atoms with Gasteiger partial charge in [0.15, 0.2) is 0 Å². The van der Waals surface area contributed by atoms with Crippen molar-refractivity contribution in [2.24, 2.45) is 0 Å². The van der Waals surface area contributed by atoms with Crippen molar-refractivity contribution in [1.82, 2.24) is 0 Å². The predicted octanol–water partition coefficient (Wildman–Crippen LogP) is 2.07. The van der Waals surface area contributed by atoms with Crippen molar-refractivity contribution in [1.29, 1.82) is 0 Å². The average molecular weight is 142 g/mol. The van der Waals surface area contributed by atoms with Gasteiger partial charge in [-0.2, -0.15) is 0 Å². The zero-order valence-corrected chi connectivity index (χ0v) is 5.59. The Bertz CT molecular complexity index is 201. The monoisotopic (exact) mass is 142 g/mol. The maximum atomic E-state index is 3.83. The van der Waals surface area contributed by atoms with E-state index in [0.717, 1.165) is 5.57 Å². The molecule has 0 spiro atoms. The molecule has 0 aromatic heterocycles. The molecule has 0 aliphatic carbocycles. The molecule has 10 heavy (non-hydrogen) atoms. The molecule has 1 aromatic rings. The van der Waals surface area contributed by atoms with Gasteiger partial charge in [0.05, 0.1) is 0 Å². The number of hydrogen-bond donors (Lipinski definition) is 0. The van der Waals surface area contributed by atoms with Crippen LogP contribution in [0.5, 0.6) is 0 Å². The Labute approximate surface area is 84.3 Å². The molecule has 0 heterocycles. The van der Waals surface area contributed by atoms with Gasteiger partial charge in [0, 0.05) is 0 Å². The fourth-order valence-corrected chi connectivity index (χ4v) is 0.723. The van der Waals surface area contributed by atoms with Crippen LogP contribution in [0.15, 0.2) is 36.9 Å². The molecule has 48 valence electrons. The average Bonchev–Trinajstić information content (AvgIpc) is 1.90. The second-order valence-corrected chi connectivity index (χ2v) is 2.15. The van der Waals surface area contributed by atoms with Gasteiger partial charge in [-0.15, -0.1) is 0 Å². The van der Waals surface area contributed by atoms with Crippen molar-refractivity contribution in [3.8, 4) is 0 Å². The number of benzene rings is 1. The molecule has 0 amide bonds. The Hall–Kier alpha value is -0.0400. The van der Waals surface area contributed by atoms with Crippen LogP contribution in [0, 0.1) is 0 Å². The summed E-state index contributed by atoms with van der Waals surface area (Å²) in [5.41, 5.74) is 2.34. The molecule has 0 unspecified atom stereocenters. The van der Waals surface area contributed by atoms with E-state index in [-0.39, 0.29) is 29.6 Å². The summed E-state index contributed by atoms with van der Waals surface area (Å²) in [6.45, 7) is 5.83. The fraction of sp³-hybridized carbons (Fsp3) is 0.111. The summed E-state index contributed by atoms with van der Waals surface area (Å²) < 4.78 is 0. The van der Waals surface area contributed by atoms with Crippen LogP contribution in [0.3, 0.4) is 0 Å². The molecule has 1 heteroatoms. The number of hydrogen-bond acceptors (Lipinski definition) is 0. The van der Waals surface area contributed by atoms with Gasteiger partial charge in [0.25, 0.3) is 0 Å². The van der Waals surface area contributed by atoms with Crippen LogP contribution in [0.1, 0.15) is 12.5 Å². The summed E-state index contributed by atoms with van der Waals surface area (Å²) in [6.07, 6.45) is 0. The summed E-state index contributed by atoms with van der Waals surface area (Å²) in [5.74, 6) is 0. The summed E-state index contributed by atoms with van der Waals surface area (Å²) in [5, 5.41) is 0. The number of rotatable bonds is 1. The zero-order chi connectivity index (χ0) is 6.69. The molecule has 0 nitrogen and oxygen atoms in total. The van der Waals surface area contributed by atoms with E-state index < -0.39 is 0 Å². The molecule has 0 aliphatic heterocycles. The first kappa shape index (κ1) is 9.96. The molecule has 0 aliphatic rings. The SMILES string of the molecule is C=C(C)c1ccccc1.[NaH]. The molecule has 1 aromatic carbocycles. The van der Waals surface area contributed by atoms with Gasteiger partial charge in [-0.05, 0) is 12.5 Å². The van der Waals surface area contributed by atoms with Crippen molar-refractivity contribution in [2.75, 3.05) is 0 Å². The van der Waals surface area contributed by atoms with Crippen molar-refractivity contribution >= 4 is 35.1 Å². The van der Waals surface area contributed by atoms with Crippen molar-refractivity contribution < 1.29 is 0 Å². The third-order valence-corrected chi connectivity index (χ3v) is 1.27. The van der Waals surface area contributed by atoms with E-state index in [2.05, 4.69) is 18.7 Å². The van der Waals surface area contributed by atoms with E-state index in [0.29, 0.717) is 0 Å². The first-order valence-electron chi connectivity index (χ1n) is 3.01. The first-order valence-corrected chi connectivity index (χ1v) is 3.01. The van der Waals surface area contributed by atoms with Crippen molar-refractivity contribution in [2.45, 2.75) is 6.92 Å². The van der Waals surface area contributed by atoms with Gasteiger partial charge in [-0.1, -0.05) is 42.5 Å². The van der Waals surface area contributed by atoms with Gasteiger partial charge in [-0.3, -0.25) is 0 Å². The molecular formula is C9H11Na. The van der Waals surface area contributed by atoms with E-state index in [1.54, 1.807) is 0 Å². The van der Waals surface area contributed by atoms with E-state index in [9.17, 15) is 0 Å². The summed E-state index contributed by atoms with van der Waals surface area (Å²) in [4.78, 5) is 0. The van der Waals surface area contributed by atoms with Crippen LogP contribution in [0.25, 0.3) is 5.57 Å². The Balaban J connectivity index is 0.000000810. The Morgan fingerprint density at radius 2 is 1.70 bits per heavy atom. The molecule has 0 atom stereocenters. The normalized spacial score (nSPS) is 8.10. The van der Waals surface area contributed by atoms with Crippen LogP contribution in [0.2, 0.25) is 0 Å². The Morgan fingerprint density at radius 3 is 2.00 bits per heavy atom. The van der Waals surface area contributed by atoms with Gasteiger partial charge in [-0.25, -0.2) is 0 Å². The second kappa shape index (κ2) is 4.73. The maximum absolute atomic E-state index is 3.83. The summed E-state index contributed by atoms with van der Waals surface area (Å²) in [6, 6.07) is 10.2. The Kier molecular flexibility index (Phi) is 4.71. The van der Waals surface area contributed by atoms with Crippen LogP contribution in [0.4, 0.5) is 0 Å². The molecule has 0 radical (unpaired) electrons. The van der Waals surface area contributed by atoms with E-state index in [1.807, 2.05) is 25.1 Å². The van der Waals surface area contributed by atoms with E-state index in [1.165, 1.54) is 5.56 Å². The zero-order valence-electron chi connectivity index (χ0n) is 5.59. The second-order valence-electron chi connectivity index (χ2n) is 2.15. The standard InChI is InChI=1S/C9H10.Na.H/c1-8(2)9-6-4-3-5-7-9;;/h3-7H,1H2,2H3;;. The van der Waals surface area contributed by atoms with Gasteiger partial charge >= 0.3 is 29.6 Å². The minimum atomic E-state index is 0. The predicted molar refractivity (Wildman–Crippen MR) is 48.3 cm³/mol.